The highest BCUT2D eigenvalue weighted by Gasteiger charge is 2.36. The molecule has 5 nitrogen and oxygen atoms in total. The summed E-state index contributed by atoms with van der Waals surface area (Å²) in [5, 5.41) is 13.9. The lowest BCUT2D eigenvalue weighted by Gasteiger charge is -2.36. The Hall–Kier alpha value is -0.650. The number of rotatable bonds is 5. The lowest BCUT2D eigenvalue weighted by atomic mass is 9.78. The van der Waals surface area contributed by atoms with Gasteiger partial charge in [-0.2, -0.15) is 0 Å². The maximum Gasteiger partial charge on any atom is 0.308 e. The predicted octanol–water partition coefficient (Wildman–Crippen LogP) is 0.849. The number of hydrogen-bond donors (Lipinski definition) is 2. The predicted molar refractivity (Wildman–Crippen MR) is 70.8 cm³/mol. The molecule has 2 rings (SSSR count). The molecule has 0 amide bonds. The minimum absolute atomic E-state index is 0.0324. The zero-order valence-electron chi connectivity index (χ0n) is 11.7. The summed E-state index contributed by atoms with van der Waals surface area (Å²) in [6.07, 6.45) is 3.78. The van der Waals surface area contributed by atoms with Gasteiger partial charge in [-0.25, -0.2) is 0 Å². The van der Waals surface area contributed by atoms with Crippen LogP contribution in [0.5, 0.6) is 0 Å². The molecule has 0 aromatic heterocycles. The van der Waals surface area contributed by atoms with Crippen LogP contribution in [0.2, 0.25) is 0 Å². The van der Waals surface area contributed by atoms with E-state index in [1.807, 2.05) is 6.92 Å². The van der Waals surface area contributed by atoms with Crippen molar-refractivity contribution in [2.75, 3.05) is 26.4 Å². The summed E-state index contributed by atoms with van der Waals surface area (Å²) in [6, 6.07) is 0.367. The summed E-state index contributed by atoms with van der Waals surface area (Å²) in [5.41, 5.74) is -0.675. The van der Waals surface area contributed by atoms with Gasteiger partial charge in [-0.05, 0) is 39.0 Å². The van der Waals surface area contributed by atoms with Crippen LogP contribution in [0.1, 0.15) is 39.0 Å². The molecule has 1 saturated carbocycles. The van der Waals surface area contributed by atoms with Crippen molar-refractivity contribution < 1.29 is 19.4 Å². The van der Waals surface area contributed by atoms with E-state index in [1.165, 1.54) is 0 Å². The standard InChI is InChI=1S/C14H25NO4/c1-2-19-13(16)11-3-6-14(17,7-4-11)10-15-12-5-8-18-9-12/h11-12,15,17H,2-10H2,1H3. The molecular formula is C14H25NO4. The van der Waals surface area contributed by atoms with Crippen LogP contribution in [0.15, 0.2) is 0 Å². The first-order chi connectivity index (χ1) is 9.13. The Morgan fingerprint density at radius 1 is 1.42 bits per heavy atom. The molecule has 0 spiro atoms. The van der Waals surface area contributed by atoms with Gasteiger partial charge in [0.1, 0.15) is 0 Å². The summed E-state index contributed by atoms with van der Waals surface area (Å²) < 4.78 is 10.3. The van der Waals surface area contributed by atoms with Gasteiger partial charge in [-0.3, -0.25) is 4.79 Å². The van der Waals surface area contributed by atoms with Crippen LogP contribution in [-0.4, -0.2) is 49.1 Å². The van der Waals surface area contributed by atoms with Crippen LogP contribution in [0.4, 0.5) is 0 Å². The Morgan fingerprint density at radius 3 is 2.74 bits per heavy atom. The second kappa shape index (κ2) is 6.68. The van der Waals surface area contributed by atoms with Crippen molar-refractivity contribution in [3.8, 4) is 0 Å². The Balaban J connectivity index is 1.72. The SMILES string of the molecule is CCOC(=O)C1CCC(O)(CNC2CCOC2)CC1. The molecule has 1 saturated heterocycles. The summed E-state index contributed by atoms with van der Waals surface area (Å²) >= 11 is 0. The van der Waals surface area contributed by atoms with Gasteiger partial charge in [0, 0.05) is 19.2 Å². The van der Waals surface area contributed by atoms with E-state index in [2.05, 4.69) is 5.32 Å². The largest absolute Gasteiger partial charge is 0.466 e. The van der Waals surface area contributed by atoms with Crippen LogP contribution >= 0.6 is 0 Å². The number of esters is 1. The molecule has 0 radical (unpaired) electrons. The van der Waals surface area contributed by atoms with Gasteiger partial charge in [0.2, 0.25) is 0 Å². The normalized spacial score (nSPS) is 35.3. The van der Waals surface area contributed by atoms with E-state index < -0.39 is 5.60 Å². The molecule has 0 bridgehead atoms. The first-order valence-electron chi connectivity index (χ1n) is 7.33. The number of carbonyl (C=O) groups is 1. The van der Waals surface area contributed by atoms with Crippen molar-refractivity contribution >= 4 is 5.97 Å². The summed E-state index contributed by atoms with van der Waals surface area (Å²) in [4.78, 5) is 11.6. The molecule has 110 valence electrons. The third-order valence-corrected chi connectivity index (χ3v) is 4.19. The van der Waals surface area contributed by atoms with Crippen LogP contribution in [0.3, 0.4) is 0 Å². The fourth-order valence-corrected chi connectivity index (χ4v) is 2.86. The smallest absolute Gasteiger partial charge is 0.308 e. The highest BCUT2D eigenvalue weighted by Crippen LogP contribution is 2.32. The summed E-state index contributed by atoms with van der Waals surface area (Å²) in [6.45, 7) is 4.40. The lowest BCUT2D eigenvalue weighted by molar-refractivity contribution is -0.151. The number of aliphatic hydroxyl groups is 1. The van der Waals surface area contributed by atoms with Crippen molar-refractivity contribution in [2.45, 2.75) is 50.7 Å². The minimum atomic E-state index is -0.675. The van der Waals surface area contributed by atoms with Gasteiger partial charge >= 0.3 is 5.97 Å². The van der Waals surface area contributed by atoms with E-state index >= 15 is 0 Å². The quantitative estimate of drug-likeness (QED) is 0.726. The molecule has 1 heterocycles. The van der Waals surface area contributed by atoms with Gasteiger partial charge < -0.3 is 19.9 Å². The van der Waals surface area contributed by atoms with E-state index in [4.69, 9.17) is 9.47 Å². The lowest BCUT2D eigenvalue weighted by Crippen LogP contribution is -2.47. The zero-order valence-corrected chi connectivity index (χ0v) is 11.7. The van der Waals surface area contributed by atoms with Gasteiger partial charge in [-0.1, -0.05) is 0 Å². The second-order valence-electron chi connectivity index (χ2n) is 5.69. The average molecular weight is 271 g/mol. The van der Waals surface area contributed by atoms with Crippen molar-refractivity contribution in [1.29, 1.82) is 0 Å². The maximum absolute atomic E-state index is 11.6. The molecule has 0 aromatic rings. The van der Waals surface area contributed by atoms with Gasteiger partial charge in [0.05, 0.1) is 24.7 Å². The highest BCUT2D eigenvalue weighted by atomic mass is 16.5. The van der Waals surface area contributed by atoms with E-state index in [0.29, 0.717) is 32.0 Å². The summed E-state index contributed by atoms with van der Waals surface area (Å²) in [5.74, 6) is -0.142. The average Bonchev–Trinajstić information content (AvgIpc) is 2.91. The Kier molecular flexibility index (Phi) is 5.19. The number of ether oxygens (including phenoxy) is 2. The second-order valence-corrected chi connectivity index (χ2v) is 5.69. The van der Waals surface area contributed by atoms with E-state index in [0.717, 1.165) is 32.5 Å². The van der Waals surface area contributed by atoms with Crippen molar-refractivity contribution in [1.82, 2.24) is 5.32 Å². The summed E-state index contributed by atoms with van der Waals surface area (Å²) in [7, 11) is 0. The van der Waals surface area contributed by atoms with E-state index in [1.54, 1.807) is 0 Å². The monoisotopic (exact) mass is 271 g/mol. The molecule has 1 aliphatic heterocycles. The van der Waals surface area contributed by atoms with Crippen LogP contribution in [-0.2, 0) is 14.3 Å². The van der Waals surface area contributed by atoms with E-state index in [9.17, 15) is 9.90 Å². The topological polar surface area (TPSA) is 67.8 Å². The van der Waals surface area contributed by atoms with Crippen molar-refractivity contribution in [3.05, 3.63) is 0 Å². The molecule has 1 atom stereocenters. The van der Waals surface area contributed by atoms with Gasteiger partial charge in [-0.15, -0.1) is 0 Å². The van der Waals surface area contributed by atoms with Gasteiger partial charge in [0.15, 0.2) is 0 Å². The van der Waals surface area contributed by atoms with E-state index in [-0.39, 0.29) is 11.9 Å². The molecule has 5 heteroatoms. The molecule has 1 unspecified atom stereocenters. The molecule has 1 aliphatic carbocycles. The first-order valence-corrected chi connectivity index (χ1v) is 7.33. The molecule has 0 aromatic carbocycles. The van der Waals surface area contributed by atoms with Crippen LogP contribution in [0.25, 0.3) is 0 Å². The van der Waals surface area contributed by atoms with Crippen molar-refractivity contribution in [2.24, 2.45) is 5.92 Å². The zero-order chi connectivity index (χ0) is 13.7. The van der Waals surface area contributed by atoms with Crippen LogP contribution in [0, 0.1) is 5.92 Å². The molecule has 2 N–H and O–H groups in total. The Bertz CT molecular complexity index is 294. The third kappa shape index (κ3) is 4.16. The van der Waals surface area contributed by atoms with Crippen molar-refractivity contribution in [3.63, 3.8) is 0 Å². The minimum Gasteiger partial charge on any atom is -0.466 e. The number of carbonyl (C=O) groups excluding carboxylic acids is 1. The third-order valence-electron chi connectivity index (χ3n) is 4.19. The fraction of sp³-hybridized carbons (Fsp3) is 0.929. The first kappa shape index (κ1) is 14.8. The van der Waals surface area contributed by atoms with Gasteiger partial charge in [0.25, 0.3) is 0 Å². The maximum atomic E-state index is 11.6. The number of nitrogens with one attached hydrogen (secondary N) is 1. The molecule has 2 aliphatic rings. The Labute approximate surface area is 114 Å². The fourth-order valence-electron chi connectivity index (χ4n) is 2.86. The Morgan fingerprint density at radius 2 is 2.16 bits per heavy atom. The van der Waals surface area contributed by atoms with Crippen LogP contribution < -0.4 is 5.32 Å². The molecule has 19 heavy (non-hydrogen) atoms. The molecular weight excluding hydrogens is 246 g/mol. The molecule has 2 fully saturated rings. The highest BCUT2D eigenvalue weighted by molar-refractivity contribution is 5.72. The number of hydrogen-bond acceptors (Lipinski definition) is 5.